The number of rotatable bonds is 5. The molecule has 0 atom stereocenters. The summed E-state index contributed by atoms with van der Waals surface area (Å²) in [5.74, 6) is 0.654. The molecule has 8 heteroatoms. The summed E-state index contributed by atoms with van der Waals surface area (Å²) in [4.78, 5) is 22.7. The smallest absolute Gasteiger partial charge is 0.321 e. The van der Waals surface area contributed by atoms with Gasteiger partial charge < -0.3 is 10.1 Å². The number of nitrogens with one attached hydrogen (secondary N) is 1. The maximum absolute atomic E-state index is 10.8. The Labute approximate surface area is 115 Å². The molecule has 1 heterocycles. The minimum Gasteiger partial charge on any atom is -0.464 e. The molecule has 0 radical (unpaired) electrons. The van der Waals surface area contributed by atoms with Gasteiger partial charge in [-0.1, -0.05) is 12.1 Å². The van der Waals surface area contributed by atoms with Gasteiger partial charge in [-0.3, -0.25) is 10.1 Å². The molecular formula is C12H13N5O3. The maximum Gasteiger partial charge on any atom is 0.321 e. The fourth-order valence-electron chi connectivity index (χ4n) is 1.55. The van der Waals surface area contributed by atoms with Crippen molar-refractivity contribution >= 4 is 11.6 Å². The van der Waals surface area contributed by atoms with Crippen LogP contribution in [0.15, 0.2) is 24.3 Å². The van der Waals surface area contributed by atoms with Crippen molar-refractivity contribution in [3.05, 3.63) is 34.4 Å². The average Bonchev–Trinajstić information content (AvgIpc) is 2.47. The molecular weight excluding hydrogens is 262 g/mol. The van der Waals surface area contributed by atoms with Crippen LogP contribution in [0.4, 0.5) is 11.6 Å². The number of anilines is 1. The SMILES string of the molecule is CCOc1nc(NC)nc(-c2cccc([N+](=O)[O-])c2)n1. The highest BCUT2D eigenvalue weighted by atomic mass is 16.6. The first-order chi connectivity index (χ1) is 9.63. The molecule has 0 aliphatic carbocycles. The van der Waals surface area contributed by atoms with Crippen LogP contribution in [0.3, 0.4) is 0 Å². The normalized spacial score (nSPS) is 10.1. The molecule has 0 fully saturated rings. The van der Waals surface area contributed by atoms with Crippen molar-refractivity contribution in [1.29, 1.82) is 0 Å². The molecule has 1 aromatic carbocycles. The second kappa shape index (κ2) is 5.91. The fourth-order valence-corrected chi connectivity index (χ4v) is 1.55. The van der Waals surface area contributed by atoms with Gasteiger partial charge in [-0.25, -0.2) is 0 Å². The van der Waals surface area contributed by atoms with Gasteiger partial charge in [0.05, 0.1) is 11.5 Å². The van der Waals surface area contributed by atoms with Crippen molar-refractivity contribution in [1.82, 2.24) is 15.0 Å². The van der Waals surface area contributed by atoms with Crippen LogP contribution in [0, 0.1) is 10.1 Å². The van der Waals surface area contributed by atoms with E-state index >= 15 is 0 Å². The average molecular weight is 275 g/mol. The van der Waals surface area contributed by atoms with Crippen LogP contribution in [0.25, 0.3) is 11.4 Å². The van der Waals surface area contributed by atoms with Crippen LogP contribution in [0.1, 0.15) is 6.92 Å². The number of hydrogen-bond acceptors (Lipinski definition) is 7. The highest BCUT2D eigenvalue weighted by Gasteiger charge is 2.12. The quantitative estimate of drug-likeness (QED) is 0.656. The molecule has 2 rings (SSSR count). The largest absolute Gasteiger partial charge is 0.464 e. The summed E-state index contributed by atoms with van der Waals surface area (Å²) in [5, 5.41) is 13.6. The van der Waals surface area contributed by atoms with E-state index in [2.05, 4.69) is 20.3 Å². The predicted octanol–water partition coefficient (Wildman–Crippen LogP) is 1.89. The molecule has 0 aliphatic rings. The lowest BCUT2D eigenvalue weighted by molar-refractivity contribution is -0.384. The zero-order valence-electron chi connectivity index (χ0n) is 11.0. The van der Waals surface area contributed by atoms with Crippen molar-refractivity contribution in [2.24, 2.45) is 0 Å². The van der Waals surface area contributed by atoms with Crippen LogP contribution in [0.2, 0.25) is 0 Å². The minimum absolute atomic E-state index is 0.0214. The van der Waals surface area contributed by atoms with Gasteiger partial charge in [-0.2, -0.15) is 15.0 Å². The third-order valence-corrected chi connectivity index (χ3v) is 2.43. The number of nitro groups is 1. The van der Waals surface area contributed by atoms with E-state index in [1.54, 1.807) is 19.2 Å². The molecule has 104 valence electrons. The van der Waals surface area contributed by atoms with E-state index in [1.165, 1.54) is 12.1 Å². The van der Waals surface area contributed by atoms with Gasteiger partial charge in [-0.05, 0) is 6.92 Å². The Morgan fingerprint density at radius 3 is 2.80 bits per heavy atom. The van der Waals surface area contributed by atoms with Crippen LogP contribution in [-0.4, -0.2) is 33.5 Å². The number of ether oxygens (including phenoxy) is 1. The van der Waals surface area contributed by atoms with Crippen molar-refractivity contribution in [2.75, 3.05) is 19.0 Å². The molecule has 0 saturated carbocycles. The molecule has 0 aliphatic heterocycles. The Morgan fingerprint density at radius 1 is 1.35 bits per heavy atom. The summed E-state index contributed by atoms with van der Waals surface area (Å²) in [7, 11) is 1.67. The lowest BCUT2D eigenvalue weighted by atomic mass is 10.2. The van der Waals surface area contributed by atoms with Crippen LogP contribution < -0.4 is 10.1 Å². The van der Waals surface area contributed by atoms with E-state index in [0.717, 1.165) is 0 Å². The second-order valence-corrected chi connectivity index (χ2v) is 3.76. The topological polar surface area (TPSA) is 103 Å². The lowest BCUT2D eigenvalue weighted by Crippen LogP contribution is -2.05. The molecule has 8 nitrogen and oxygen atoms in total. The summed E-state index contributed by atoms with van der Waals surface area (Å²) >= 11 is 0. The number of nitro benzene ring substituents is 1. The van der Waals surface area contributed by atoms with Crippen molar-refractivity contribution < 1.29 is 9.66 Å². The minimum atomic E-state index is -0.465. The molecule has 0 unspecified atom stereocenters. The first-order valence-electron chi connectivity index (χ1n) is 5.95. The Bertz CT molecular complexity index is 632. The molecule has 0 spiro atoms. The van der Waals surface area contributed by atoms with Crippen LogP contribution >= 0.6 is 0 Å². The van der Waals surface area contributed by atoms with Gasteiger partial charge in [0.2, 0.25) is 5.95 Å². The zero-order valence-corrected chi connectivity index (χ0v) is 11.0. The zero-order chi connectivity index (χ0) is 14.5. The molecule has 0 amide bonds. The number of benzene rings is 1. The Morgan fingerprint density at radius 2 is 2.15 bits per heavy atom. The third kappa shape index (κ3) is 2.97. The summed E-state index contributed by atoms with van der Waals surface area (Å²) in [6.07, 6.45) is 0. The van der Waals surface area contributed by atoms with Gasteiger partial charge in [0, 0.05) is 24.7 Å². The summed E-state index contributed by atoms with van der Waals surface area (Å²) < 4.78 is 5.25. The molecule has 1 N–H and O–H groups in total. The predicted molar refractivity (Wildman–Crippen MR) is 72.6 cm³/mol. The fraction of sp³-hybridized carbons (Fsp3) is 0.250. The van der Waals surface area contributed by atoms with Gasteiger partial charge >= 0.3 is 6.01 Å². The molecule has 2 aromatic rings. The third-order valence-electron chi connectivity index (χ3n) is 2.43. The summed E-state index contributed by atoms with van der Waals surface area (Å²) in [6.45, 7) is 2.23. The molecule has 20 heavy (non-hydrogen) atoms. The summed E-state index contributed by atoms with van der Waals surface area (Å²) in [5.41, 5.74) is 0.505. The Hall–Kier alpha value is -2.77. The van der Waals surface area contributed by atoms with E-state index in [1.807, 2.05) is 6.92 Å². The molecule has 0 saturated heterocycles. The Kier molecular flexibility index (Phi) is 4.04. The first-order valence-corrected chi connectivity index (χ1v) is 5.95. The van der Waals surface area contributed by atoms with E-state index < -0.39 is 4.92 Å². The van der Waals surface area contributed by atoms with E-state index in [9.17, 15) is 10.1 Å². The van der Waals surface area contributed by atoms with Crippen molar-refractivity contribution in [3.63, 3.8) is 0 Å². The van der Waals surface area contributed by atoms with E-state index in [4.69, 9.17) is 4.74 Å². The first kappa shape index (κ1) is 13.7. The number of hydrogen-bond donors (Lipinski definition) is 1. The second-order valence-electron chi connectivity index (χ2n) is 3.76. The summed E-state index contributed by atoms with van der Waals surface area (Å²) in [6, 6.07) is 6.26. The lowest BCUT2D eigenvalue weighted by Gasteiger charge is -2.06. The van der Waals surface area contributed by atoms with Crippen molar-refractivity contribution in [2.45, 2.75) is 6.92 Å². The maximum atomic E-state index is 10.8. The van der Waals surface area contributed by atoms with Gasteiger partial charge in [0.1, 0.15) is 0 Å². The highest BCUT2D eigenvalue weighted by molar-refractivity contribution is 5.60. The van der Waals surface area contributed by atoms with E-state index in [-0.39, 0.29) is 11.7 Å². The standard InChI is InChI=1S/C12H13N5O3/c1-3-20-12-15-10(14-11(13-2)16-12)8-5-4-6-9(7-8)17(18)19/h4-7H,3H2,1-2H3,(H,13,14,15,16). The van der Waals surface area contributed by atoms with Gasteiger partial charge in [0.25, 0.3) is 5.69 Å². The van der Waals surface area contributed by atoms with Crippen LogP contribution in [0.5, 0.6) is 6.01 Å². The number of non-ortho nitro benzene ring substituents is 1. The van der Waals surface area contributed by atoms with Gasteiger partial charge in [-0.15, -0.1) is 0 Å². The number of nitrogens with zero attached hydrogens (tertiary/aromatic N) is 4. The Balaban J connectivity index is 2.48. The molecule has 0 bridgehead atoms. The highest BCUT2D eigenvalue weighted by Crippen LogP contribution is 2.22. The van der Waals surface area contributed by atoms with Crippen LogP contribution in [-0.2, 0) is 0 Å². The molecule has 1 aromatic heterocycles. The van der Waals surface area contributed by atoms with Gasteiger partial charge in [0.15, 0.2) is 5.82 Å². The monoisotopic (exact) mass is 275 g/mol. The van der Waals surface area contributed by atoms with E-state index in [0.29, 0.717) is 23.9 Å². The number of aromatic nitrogens is 3. The van der Waals surface area contributed by atoms with Crippen molar-refractivity contribution in [3.8, 4) is 17.4 Å².